The summed E-state index contributed by atoms with van der Waals surface area (Å²) in [6.07, 6.45) is 3.08. The van der Waals surface area contributed by atoms with Crippen molar-refractivity contribution in [2.75, 3.05) is 24.6 Å². The van der Waals surface area contributed by atoms with E-state index in [2.05, 4.69) is 15.0 Å². The number of halogens is 4. The fourth-order valence-electron chi connectivity index (χ4n) is 5.20. The Bertz CT molecular complexity index is 1350. The molecule has 1 atom stereocenters. The maximum atomic E-state index is 14.6. The first-order valence-electron chi connectivity index (χ1n) is 11.9. The van der Waals surface area contributed by atoms with Gasteiger partial charge in [0.1, 0.15) is 5.75 Å². The Morgan fingerprint density at radius 1 is 1.14 bits per heavy atom. The third kappa shape index (κ3) is 4.90. The number of fused-ring (bicyclic) bond motifs is 2. The van der Waals surface area contributed by atoms with Gasteiger partial charge in [-0.15, -0.1) is 0 Å². The predicted molar refractivity (Wildman–Crippen MR) is 136 cm³/mol. The van der Waals surface area contributed by atoms with E-state index in [9.17, 15) is 18.3 Å². The molecule has 0 saturated heterocycles. The Morgan fingerprint density at radius 3 is 2.62 bits per heavy atom. The van der Waals surface area contributed by atoms with Crippen LogP contribution in [0.3, 0.4) is 0 Å². The molecule has 10 heteroatoms. The van der Waals surface area contributed by atoms with E-state index in [1.54, 1.807) is 50.5 Å². The van der Waals surface area contributed by atoms with Crippen LogP contribution in [0.25, 0.3) is 17.5 Å². The fraction of sp³-hybridized carbons (Fsp3) is 0.370. The van der Waals surface area contributed by atoms with Crippen LogP contribution in [0.4, 0.5) is 18.9 Å². The summed E-state index contributed by atoms with van der Waals surface area (Å²) in [5.41, 5.74) is -0.878. The number of hydrogen-bond acceptors (Lipinski definition) is 6. The summed E-state index contributed by atoms with van der Waals surface area (Å²) in [5, 5.41) is 11.7. The van der Waals surface area contributed by atoms with Gasteiger partial charge in [0.15, 0.2) is 11.4 Å². The van der Waals surface area contributed by atoms with E-state index in [1.807, 2.05) is 6.07 Å². The molecular formula is C27H26ClF3N4O2. The molecule has 0 spiro atoms. The van der Waals surface area contributed by atoms with Crippen LogP contribution in [-0.2, 0) is 11.8 Å². The third-order valence-corrected chi connectivity index (χ3v) is 7.10. The minimum absolute atomic E-state index is 0.0523. The molecule has 2 aliphatic rings. The minimum Gasteiger partial charge on any atom is -0.493 e. The average Bonchev–Trinajstić information content (AvgIpc) is 3.31. The number of alkyl halides is 3. The van der Waals surface area contributed by atoms with E-state index in [0.717, 1.165) is 5.56 Å². The average molecular weight is 531 g/mol. The second-order valence-corrected chi connectivity index (χ2v) is 10.6. The van der Waals surface area contributed by atoms with Crippen LogP contribution in [0, 0.1) is 0 Å². The van der Waals surface area contributed by atoms with Gasteiger partial charge in [-0.25, -0.2) is 9.97 Å². The van der Waals surface area contributed by atoms with Gasteiger partial charge in [-0.3, -0.25) is 4.98 Å². The second-order valence-electron chi connectivity index (χ2n) is 10.2. The molecule has 2 aliphatic heterocycles. The molecule has 0 bridgehead atoms. The first-order chi connectivity index (χ1) is 17.5. The van der Waals surface area contributed by atoms with Gasteiger partial charge < -0.3 is 14.7 Å². The Morgan fingerprint density at radius 2 is 1.89 bits per heavy atom. The molecule has 1 unspecified atom stereocenters. The van der Waals surface area contributed by atoms with E-state index < -0.39 is 30.2 Å². The van der Waals surface area contributed by atoms with Gasteiger partial charge in [-0.2, -0.15) is 13.2 Å². The monoisotopic (exact) mass is 530 g/mol. The SMILES string of the molecule is CC(C)(CC(O)(CN1CC(Cl)=Cc2cnccc21)C(F)(F)F)c1cc(-c2ncccn2)cc2c1OCC2. The Kier molecular flexibility index (Phi) is 6.40. The normalized spacial score (nSPS) is 16.9. The summed E-state index contributed by atoms with van der Waals surface area (Å²) in [7, 11) is 0. The van der Waals surface area contributed by atoms with Gasteiger partial charge in [0.2, 0.25) is 0 Å². The second kappa shape index (κ2) is 9.29. The molecule has 0 radical (unpaired) electrons. The van der Waals surface area contributed by atoms with E-state index in [-0.39, 0.29) is 6.54 Å². The number of ether oxygens (including phenoxy) is 1. The molecular weight excluding hydrogens is 505 g/mol. The number of aliphatic hydroxyl groups is 1. The number of anilines is 1. The number of benzene rings is 1. The molecule has 0 amide bonds. The molecule has 0 fully saturated rings. The van der Waals surface area contributed by atoms with E-state index in [0.29, 0.717) is 52.0 Å². The van der Waals surface area contributed by atoms with Gasteiger partial charge in [0.05, 0.1) is 19.7 Å². The van der Waals surface area contributed by atoms with Crippen LogP contribution in [0.15, 0.2) is 54.1 Å². The van der Waals surface area contributed by atoms with Gasteiger partial charge in [0.25, 0.3) is 0 Å². The van der Waals surface area contributed by atoms with E-state index >= 15 is 0 Å². The number of pyridine rings is 1. The van der Waals surface area contributed by atoms with Crippen molar-refractivity contribution in [1.82, 2.24) is 15.0 Å². The zero-order valence-electron chi connectivity index (χ0n) is 20.4. The summed E-state index contributed by atoms with van der Waals surface area (Å²) >= 11 is 6.25. The highest BCUT2D eigenvalue weighted by atomic mass is 35.5. The van der Waals surface area contributed by atoms with E-state index in [4.69, 9.17) is 16.3 Å². The number of β-amino-alcohol motifs (C(OH)–C–C–N with tert-alkyl or cyclic N) is 1. The summed E-state index contributed by atoms with van der Waals surface area (Å²) in [6.45, 7) is 3.18. The number of rotatable bonds is 6. The highest BCUT2D eigenvalue weighted by Gasteiger charge is 2.57. The standard InChI is InChI=1S/C27H26ClF3N4O2/c1-25(2,21-12-18(24-33-6-3-7-34-24)10-17-5-9-37-23(17)21)15-26(36,27(29,30)31)16-35-14-20(28)11-19-13-32-8-4-22(19)35/h3-4,6-8,10-13,36H,5,9,14-16H2,1-2H3. The minimum atomic E-state index is -4.91. The van der Waals surface area contributed by atoms with Crippen molar-refractivity contribution in [3.63, 3.8) is 0 Å². The molecule has 1 N–H and O–H groups in total. The maximum absolute atomic E-state index is 14.6. The highest BCUT2D eigenvalue weighted by molar-refractivity contribution is 6.32. The topological polar surface area (TPSA) is 71.4 Å². The number of aromatic nitrogens is 3. The molecule has 4 heterocycles. The van der Waals surface area contributed by atoms with Crippen molar-refractivity contribution in [2.45, 2.75) is 43.9 Å². The zero-order chi connectivity index (χ0) is 26.4. The number of nitrogens with zero attached hydrogens (tertiary/aromatic N) is 4. The fourth-order valence-corrected chi connectivity index (χ4v) is 5.46. The van der Waals surface area contributed by atoms with Gasteiger partial charge in [-0.1, -0.05) is 25.4 Å². The van der Waals surface area contributed by atoms with Crippen LogP contribution in [0.1, 0.15) is 37.0 Å². The largest absolute Gasteiger partial charge is 0.493 e. The van der Waals surface area contributed by atoms with Gasteiger partial charge in [0, 0.05) is 58.6 Å². The molecule has 37 heavy (non-hydrogen) atoms. The van der Waals surface area contributed by atoms with Crippen LogP contribution in [-0.4, -0.2) is 51.5 Å². The van der Waals surface area contributed by atoms with Crippen molar-refractivity contribution >= 4 is 23.4 Å². The Labute approximate surface area is 217 Å². The molecule has 5 rings (SSSR count). The van der Waals surface area contributed by atoms with Crippen molar-refractivity contribution in [3.05, 3.63) is 70.8 Å². The first-order valence-corrected chi connectivity index (χ1v) is 12.3. The summed E-state index contributed by atoms with van der Waals surface area (Å²) in [4.78, 5) is 14.1. The van der Waals surface area contributed by atoms with Crippen molar-refractivity contribution in [3.8, 4) is 17.1 Å². The van der Waals surface area contributed by atoms with E-state index in [1.165, 1.54) is 17.3 Å². The van der Waals surface area contributed by atoms with Crippen molar-refractivity contribution < 1.29 is 23.0 Å². The molecule has 194 valence electrons. The number of hydrogen-bond donors (Lipinski definition) is 1. The summed E-state index contributed by atoms with van der Waals surface area (Å²) in [5.74, 6) is 1.04. The highest BCUT2D eigenvalue weighted by Crippen LogP contribution is 2.47. The maximum Gasteiger partial charge on any atom is 0.418 e. The van der Waals surface area contributed by atoms with Crippen LogP contribution in [0.2, 0.25) is 0 Å². The third-order valence-electron chi connectivity index (χ3n) is 6.87. The lowest BCUT2D eigenvalue weighted by Crippen LogP contribution is -2.57. The zero-order valence-corrected chi connectivity index (χ0v) is 21.1. The Hall–Kier alpha value is -3.17. The summed E-state index contributed by atoms with van der Waals surface area (Å²) in [6, 6.07) is 7.02. The molecule has 1 aromatic carbocycles. The molecule has 2 aromatic heterocycles. The summed E-state index contributed by atoms with van der Waals surface area (Å²) < 4.78 is 49.7. The van der Waals surface area contributed by atoms with Crippen LogP contribution in [0.5, 0.6) is 5.75 Å². The van der Waals surface area contributed by atoms with Gasteiger partial charge >= 0.3 is 6.18 Å². The van der Waals surface area contributed by atoms with Crippen molar-refractivity contribution in [2.24, 2.45) is 0 Å². The lowest BCUT2D eigenvalue weighted by atomic mass is 9.73. The van der Waals surface area contributed by atoms with Crippen LogP contribution < -0.4 is 9.64 Å². The molecule has 0 aliphatic carbocycles. The Balaban J connectivity index is 1.53. The lowest BCUT2D eigenvalue weighted by molar-refractivity contribution is -0.262. The molecule has 6 nitrogen and oxygen atoms in total. The smallest absolute Gasteiger partial charge is 0.418 e. The molecule has 0 saturated carbocycles. The van der Waals surface area contributed by atoms with Gasteiger partial charge in [-0.05, 0) is 47.7 Å². The lowest BCUT2D eigenvalue weighted by Gasteiger charge is -2.42. The van der Waals surface area contributed by atoms with Crippen LogP contribution >= 0.6 is 11.6 Å². The predicted octanol–water partition coefficient (Wildman–Crippen LogP) is 5.53. The first kappa shape index (κ1) is 25.5. The molecule has 3 aromatic rings. The quantitative estimate of drug-likeness (QED) is 0.451. The van der Waals surface area contributed by atoms with Crippen molar-refractivity contribution in [1.29, 1.82) is 0 Å².